The maximum Gasteiger partial charge on any atom is 0.0992 e. The molecule has 1 aromatic heterocycles. The molecule has 5 heteroatoms. The molecule has 20 heavy (non-hydrogen) atoms. The van der Waals surface area contributed by atoms with Crippen LogP contribution in [-0.2, 0) is 12.0 Å². The van der Waals surface area contributed by atoms with Crippen LogP contribution < -0.4 is 5.32 Å². The maximum atomic E-state index is 8.80. The number of hydrogen-bond acceptors (Lipinski definition) is 4. The van der Waals surface area contributed by atoms with Gasteiger partial charge in [0.15, 0.2) is 0 Å². The molecule has 1 heterocycles. The van der Waals surface area contributed by atoms with E-state index in [1.165, 1.54) is 0 Å². The van der Waals surface area contributed by atoms with E-state index in [9.17, 15) is 0 Å². The standard InChI is InChI=1S/C15H16ClN3S/c1-15(2,3)14-19-9-11(20-14)8-18-13-5-4-10(7-17)6-12(13)16/h4-6,9,18H,8H2,1-3H3. The minimum atomic E-state index is 0.0784. The van der Waals surface area contributed by atoms with Crippen LogP contribution in [0.15, 0.2) is 24.4 Å². The molecule has 0 aliphatic carbocycles. The van der Waals surface area contributed by atoms with Gasteiger partial charge in [0.2, 0.25) is 0 Å². The number of nitrogens with zero attached hydrogens (tertiary/aromatic N) is 2. The lowest BCUT2D eigenvalue weighted by Crippen LogP contribution is -2.09. The van der Waals surface area contributed by atoms with Gasteiger partial charge in [0.05, 0.1) is 33.9 Å². The molecular formula is C15H16ClN3S. The van der Waals surface area contributed by atoms with E-state index in [2.05, 4.69) is 37.1 Å². The number of halogens is 1. The van der Waals surface area contributed by atoms with Gasteiger partial charge in [0, 0.05) is 16.5 Å². The second kappa shape index (κ2) is 5.82. The average Bonchev–Trinajstić information content (AvgIpc) is 2.86. The summed E-state index contributed by atoms with van der Waals surface area (Å²) in [6.07, 6.45) is 1.90. The van der Waals surface area contributed by atoms with Crippen molar-refractivity contribution >= 4 is 28.6 Å². The second-order valence-corrected chi connectivity index (χ2v) is 7.06. The van der Waals surface area contributed by atoms with Crippen molar-refractivity contribution in [2.75, 3.05) is 5.32 Å². The Labute approximate surface area is 128 Å². The average molecular weight is 306 g/mol. The van der Waals surface area contributed by atoms with Crippen molar-refractivity contribution in [3.05, 3.63) is 44.9 Å². The van der Waals surface area contributed by atoms with E-state index in [-0.39, 0.29) is 5.41 Å². The first kappa shape index (κ1) is 14.8. The van der Waals surface area contributed by atoms with Crippen LogP contribution in [0.5, 0.6) is 0 Å². The summed E-state index contributed by atoms with van der Waals surface area (Å²) in [6, 6.07) is 7.31. The van der Waals surface area contributed by atoms with Gasteiger partial charge in [-0.25, -0.2) is 4.98 Å². The van der Waals surface area contributed by atoms with Crippen LogP contribution in [-0.4, -0.2) is 4.98 Å². The summed E-state index contributed by atoms with van der Waals surface area (Å²) in [5.74, 6) is 0. The van der Waals surface area contributed by atoms with Crippen LogP contribution in [0.2, 0.25) is 5.02 Å². The molecule has 0 radical (unpaired) electrons. The molecule has 0 spiro atoms. The van der Waals surface area contributed by atoms with Crippen molar-refractivity contribution in [2.24, 2.45) is 0 Å². The first-order chi connectivity index (χ1) is 9.40. The first-order valence-corrected chi connectivity index (χ1v) is 7.48. The van der Waals surface area contributed by atoms with Crippen LogP contribution in [0.4, 0.5) is 5.69 Å². The molecule has 1 N–H and O–H groups in total. The van der Waals surface area contributed by atoms with E-state index in [1.807, 2.05) is 12.3 Å². The number of nitriles is 1. The number of rotatable bonds is 3. The maximum absolute atomic E-state index is 8.80. The van der Waals surface area contributed by atoms with E-state index in [4.69, 9.17) is 16.9 Å². The summed E-state index contributed by atoms with van der Waals surface area (Å²) in [7, 11) is 0. The lowest BCUT2D eigenvalue weighted by Gasteiger charge is -2.13. The highest BCUT2D eigenvalue weighted by Gasteiger charge is 2.17. The summed E-state index contributed by atoms with van der Waals surface area (Å²) in [6.45, 7) is 7.14. The third kappa shape index (κ3) is 3.50. The van der Waals surface area contributed by atoms with Gasteiger partial charge in [0.25, 0.3) is 0 Å². The highest BCUT2D eigenvalue weighted by molar-refractivity contribution is 7.11. The van der Waals surface area contributed by atoms with Crippen LogP contribution in [0.25, 0.3) is 0 Å². The molecule has 2 rings (SSSR count). The van der Waals surface area contributed by atoms with Gasteiger partial charge in [0.1, 0.15) is 0 Å². The smallest absolute Gasteiger partial charge is 0.0992 e. The molecule has 0 saturated carbocycles. The summed E-state index contributed by atoms with van der Waals surface area (Å²) in [4.78, 5) is 5.61. The Balaban J connectivity index is 2.06. The molecule has 3 nitrogen and oxygen atoms in total. The molecule has 104 valence electrons. The molecule has 0 amide bonds. The lowest BCUT2D eigenvalue weighted by molar-refractivity contribution is 0.585. The van der Waals surface area contributed by atoms with Crippen molar-refractivity contribution in [1.29, 1.82) is 5.26 Å². The Kier molecular flexibility index (Phi) is 4.32. The zero-order chi connectivity index (χ0) is 14.8. The number of hydrogen-bond donors (Lipinski definition) is 1. The highest BCUT2D eigenvalue weighted by Crippen LogP contribution is 2.28. The second-order valence-electron chi connectivity index (χ2n) is 5.54. The van der Waals surface area contributed by atoms with Gasteiger partial charge in [-0.15, -0.1) is 11.3 Å². The molecule has 0 bridgehead atoms. The van der Waals surface area contributed by atoms with Crippen LogP contribution >= 0.6 is 22.9 Å². The molecule has 0 aliphatic heterocycles. The lowest BCUT2D eigenvalue weighted by atomic mass is 9.98. The van der Waals surface area contributed by atoms with Crippen LogP contribution in [0.1, 0.15) is 36.2 Å². The number of thiazole rings is 1. The van der Waals surface area contributed by atoms with Gasteiger partial charge in [-0.3, -0.25) is 0 Å². The molecule has 1 aromatic carbocycles. The van der Waals surface area contributed by atoms with Crippen LogP contribution in [0.3, 0.4) is 0 Å². The first-order valence-electron chi connectivity index (χ1n) is 6.29. The van der Waals surface area contributed by atoms with Gasteiger partial charge in [-0.2, -0.15) is 5.26 Å². The van der Waals surface area contributed by atoms with Gasteiger partial charge < -0.3 is 5.32 Å². The minimum Gasteiger partial charge on any atom is -0.379 e. The fraction of sp³-hybridized carbons (Fsp3) is 0.333. The monoisotopic (exact) mass is 305 g/mol. The summed E-state index contributed by atoms with van der Waals surface area (Å²) >= 11 is 7.83. The Bertz CT molecular complexity index is 650. The molecule has 0 aliphatic rings. The van der Waals surface area contributed by atoms with Crippen LogP contribution in [0, 0.1) is 11.3 Å². The number of anilines is 1. The molecular weight excluding hydrogens is 290 g/mol. The summed E-state index contributed by atoms with van der Waals surface area (Å²) in [5.41, 5.74) is 1.47. The molecule has 0 saturated heterocycles. The molecule has 0 unspecified atom stereocenters. The van der Waals surface area contributed by atoms with Crippen molar-refractivity contribution in [2.45, 2.75) is 32.7 Å². The largest absolute Gasteiger partial charge is 0.379 e. The predicted octanol–water partition coefficient (Wildman–Crippen LogP) is 4.58. The quantitative estimate of drug-likeness (QED) is 0.903. The van der Waals surface area contributed by atoms with E-state index >= 15 is 0 Å². The normalized spacial score (nSPS) is 11.2. The fourth-order valence-corrected chi connectivity index (χ4v) is 2.80. The Hall–Kier alpha value is -1.57. The number of nitrogens with one attached hydrogen (secondary N) is 1. The Morgan fingerprint density at radius 2 is 2.15 bits per heavy atom. The Morgan fingerprint density at radius 1 is 1.40 bits per heavy atom. The van der Waals surface area contributed by atoms with Crippen molar-refractivity contribution in [3.63, 3.8) is 0 Å². The van der Waals surface area contributed by atoms with E-state index in [0.29, 0.717) is 17.1 Å². The molecule has 2 aromatic rings. The zero-order valence-electron chi connectivity index (χ0n) is 11.7. The van der Waals surface area contributed by atoms with Crippen molar-refractivity contribution in [1.82, 2.24) is 4.98 Å². The number of aromatic nitrogens is 1. The third-order valence-corrected chi connectivity index (χ3v) is 4.48. The van der Waals surface area contributed by atoms with Crippen molar-refractivity contribution in [3.8, 4) is 6.07 Å². The van der Waals surface area contributed by atoms with E-state index in [0.717, 1.165) is 15.6 Å². The molecule has 0 fully saturated rings. The van der Waals surface area contributed by atoms with E-state index in [1.54, 1.807) is 23.5 Å². The minimum absolute atomic E-state index is 0.0784. The third-order valence-electron chi connectivity index (χ3n) is 2.75. The Morgan fingerprint density at radius 3 is 2.70 bits per heavy atom. The zero-order valence-corrected chi connectivity index (χ0v) is 13.3. The van der Waals surface area contributed by atoms with Gasteiger partial charge in [-0.05, 0) is 18.2 Å². The highest BCUT2D eigenvalue weighted by atomic mass is 35.5. The van der Waals surface area contributed by atoms with Gasteiger partial charge >= 0.3 is 0 Å². The SMILES string of the molecule is CC(C)(C)c1ncc(CNc2ccc(C#N)cc2Cl)s1. The summed E-state index contributed by atoms with van der Waals surface area (Å²) in [5, 5.41) is 13.8. The molecule has 0 atom stereocenters. The van der Waals surface area contributed by atoms with Gasteiger partial charge in [-0.1, -0.05) is 32.4 Å². The topological polar surface area (TPSA) is 48.7 Å². The fourth-order valence-electron chi connectivity index (χ4n) is 1.65. The summed E-state index contributed by atoms with van der Waals surface area (Å²) < 4.78 is 0. The number of benzene rings is 1. The predicted molar refractivity (Wildman–Crippen MR) is 84.3 cm³/mol. The van der Waals surface area contributed by atoms with Crippen molar-refractivity contribution < 1.29 is 0 Å². The van der Waals surface area contributed by atoms with E-state index < -0.39 is 0 Å².